The standard InChI is InChI=1S/C14H27NO4SSi/c1-12(2)14(17)15-9-6-8-13(16)20-10-7-11-21(5,18-3)19-4/h1,6-11H2,2-5H3,(H,15,17). The molecule has 21 heavy (non-hydrogen) atoms. The quantitative estimate of drug-likeness (QED) is 0.357. The first-order valence-electron chi connectivity index (χ1n) is 7.04. The Morgan fingerprint density at radius 1 is 1.24 bits per heavy atom. The van der Waals surface area contributed by atoms with Gasteiger partial charge in [0.25, 0.3) is 0 Å². The number of hydrogen-bond acceptors (Lipinski definition) is 5. The van der Waals surface area contributed by atoms with E-state index in [2.05, 4.69) is 11.9 Å². The molecule has 0 saturated heterocycles. The normalized spacial score (nSPS) is 11.2. The minimum Gasteiger partial charge on any atom is -0.398 e. The minimum absolute atomic E-state index is 0.154. The molecule has 0 aromatic carbocycles. The second-order valence-electron chi connectivity index (χ2n) is 5.01. The number of carbonyl (C=O) groups is 2. The highest BCUT2D eigenvalue weighted by Gasteiger charge is 2.27. The Hall–Kier alpha value is -0.633. The second kappa shape index (κ2) is 11.0. The van der Waals surface area contributed by atoms with Crippen LogP contribution in [0.5, 0.6) is 0 Å². The van der Waals surface area contributed by atoms with Crippen molar-refractivity contribution in [2.45, 2.75) is 38.8 Å². The largest absolute Gasteiger partial charge is 0.398 e. The van der Waals surface area contributed by atoms with Crippen LogP contribution in [0.3, 0.4) is 0 Å². The Labute approximate surface area is 133 Å². The molecule has 0 aromatic rings. The van der Waals surface area contributed by atoms with Gasteiger partial charge in [0.1, 0.15) is 0 Å². The highest BCUT2D eigenvalue weighted by Crippen LogP contribution is 2.17. The Morgan fingerprint density at radius 2 is 1.86 bits per heavy atom. The summed E-state index contributed by atoms with van der Waals surface area (Å²) < 4.78 is 10.8. The highest BCUT2D eigenvalue weighted by molar-refractivity contribution is 8.13. The van der Waals surface area contributed by atoms with Crippen LogP contribution in [-0.4, -0.2) is 46.1 Å². The van der Waals surface area contributed by atoms with Crippen molar-refractivity contribution in [3.05, 3.63) is 12.2 Å². The lowest BCUT2D eigenvalue weighted by atomic mass is 10.3. The number of thioether (sulfide) groups is 1. The van der Waals surface area contributed by atoms with Crippen LogP contribution in [0.1, 0.15) is 26.2 Å². The van der Waals surface area contributed by atoms with Crippen molar-refractivity contribution in [1.29, 1.82) is 0 Å². The number of rotatable bonds is 11. The summed E-state index contributed by atoms with van der Waals surface area (Å²) in [5, 5.41) is 2.88. The fourth-order valence-electron chi connectivity index (χ4n) is 1.52. The molecule has 0 aliphatic heterocycles. The van der Waals surface area contributed by atoms with Crippen LogP contribution in [0.15, 0.2) is 12.2 Å². The van der Waals surface area contributed by atoms with E-state index < -0.39 is 8.56 Å². The van der Waals surface area contributed by atoms with E-state index in [1.54, 1.807) is 21.1 Å². The zero-order valence-corrected chi connectivity index (χ0v) is 15.3. The summed E-state index contributed by atoms with van der Waals surface area (Å²) in [4.78, 5) is 22.9. The van der Waals surface area contributed by atoms with Gasteiger partial charge in [-0.2, -0.15) is 0 Å². The SMILES string of the molecule is C=C(C)C(=O)NCCCC(=O)SCCC[Si](C)(OC)OC. The van der Waals surface area contributed by atoms with Crippen LogP contribution in [0, 0.1) is 0 Å². The average molecular weight is 334 g/mol. The van der Waals surface area contributed by atoms with Gasteiger partial charge in [0.05, 0.1) is 0 Å². The van der Waals surface area contributed by atoms with E-state index in [-0.39, 0.29) is 11.0 Å². The fraction of sp³-hybridized carbons (Fsp3) is 0.714. The summed E-state index contributed by atoms with van der Waals surface area (Å²) >= 11 is 1.35. The first-order chi connectivity index (χ1) is 9.84. The molecule has 1 N–H and O–H groups in total. The van der Waals surface area contributed by atoms with Crippen molar-refractivity contribution in [3.8, 4) is 0 Å². The monoisotopic (exact) mass is 333 g/mol. The Balaban J connectivity index is 3.64. The van der Waals surface area contributed by atoms with Gasteiger partial charge in [-0.05, 0) is 32.4 Å². The van der Waals surface area contributed by atoms with Gasteiger partial charge in [-0.15, -0.1) is 0 Å². The van der Waals surface area contributed by atoms with Crippen LogP contribution in [0.2, 0.25) is 12.6 Å². The van der Waals surface area contributed by atoms with Crippen molar-refractivity contribution in [2.75, 3.05) is 26.5 Å². The van der Waals surface area contributed by atoms with Crippen LogP contribution < -0.4 is 5.32 Å². The zero-order chi connectivity index (χ0) is 16.3. The molecule has 0 rings (SSSR count). The van der Waals surface area contributed by atoms with Crippen LogP contribution >= 0.6 is 11.8 Å². The van der Waals surface area contributed by atoms with Gasteiger partial charge in [-0.1, -0.05) is 18.3 Å². The van der Waals surface area contributed by atoms with E-state index >= 15 is 0 Å². The maximum Gasteiger partial charge on any atom is 0.334 e. The molecule has 0 radical (unpaired) electrons. The maximum atomic E-state index is 11.7. The molecule has 5 nitrogen and oxygen atoms in total. The minimum atomic E-state index is -2.00. The smallest absolute Gasteiger partial charge is 0.334 e. The molecular formula is C14H27NO4SSi. The summed E-state index contributed by atoms with van der Waals surface area (Å²) in [7, 11) is 1.34. The van der Waals surface area contributed by atoms with Gasteiger partial charge in [0.15, 0.2) is 5.12 Å². The van der Waals surface area contributed by atoms with Crippen LogP contribution in [0.25, 0.3) is 0 Å². The van der Waals surface area contributed by atoms with E-state index in [9.17, 15) is 9.59 Å². The molecule has 1 amide bonds. The molecule has 0 aliphatic carbocycles. The van der Waals surface area contributed by atoms with Gasteiger partial charge >= 0.3 is 8.56 Å². The van der Waals surface area contributed by atoms with Gasteiger partial charge in [0.2, 0.25) is 5.91 Å². The van der Waals surface area contributed by atoms with Crippen molar-refractivity contribution in [1.82, 2.24) is 5.32 Å². The molecule has 0 spiro atoms. The third-order valence-electron chi connectivity index (χ3n) is 3.13. The number of amides is 1. The number of nitrogens with one attached hydrogen (secondary N) is 1. The third-order valence-corrected chi connectivity index (χ3v) is 7.14. The van der Waals surface area contributed by atoms with E-state index in [0.29, 0.717) is 25.0 Å². The van der Waals surface area contributed by atoms with Crippen LogP contribution in [0.4, 0.5) is 0 Å². The van der Waals surface area contributed by atoms with Crippen molar-refractivity contribution in [2.24, 2.45) is 0 Å². The lowest BCUT2D eigenvalue weighted by Gasteiger charge is -2.22. The first-order valence-corrected chi connectivity index (χ1v) is 10.5. The predicted molar refractivity (Wildman–Crippen MR) is 89.6 cm³/mol. The lowest BCUT2D eigenvalue weighted by molar-refractivity contribution is -0.117. The third kappa shape index (κ3) is 9.84. The Morgan fingerprint density at radius 3 is 2.38 bits per heavy atom. The number of carbonyl (C=O) groups excluding carboxylic acids is 2. The molecule has 0 saturated carbocycles. The molecular weight excluding hydrogens is 306 g/mol. The average Bonchev–Trinajstić information content (AvgIpc) is 2.47. The van der Waals surface area contributed by atoms with E-state index in [1.165, 1.54) is 11.8 Å². The van der Waals surface area contributed by atoms with E-state index in [0.717, 1.165) is 18.2 Å². The molecule has 0 heterocycles. The van der Waals surface area contributed by atoms with E-state index in [1.807, 2.05) is 6.55 Å². The van der Waals surface area contributed by atoms with Gasteiger partial charge in [0, 0.05) is 38.5 Å². The van der Waals surface area contributed by atoms with E-state index in [4.69, 9.17) is 8.85 Å². The summed E-state index contributed by atoms with van der Waals surface area (Å²) in [6.07, 6.45) is 2.05. The lowest BCUT2D eigenvalue weighted by Crippen LogP contribution is -2.35. The van der Waals surface area contributed by atoms with Crippen molar-refractivity contribution >= 4 is 31.3 Å². The number of hydrogen-bond donors (Lipinski definition) is 1. The molecule has 0 aromatic heterocycles. The molecule has 7 heteroatoms. The van der Waals surface area contributed by atoms with Gasteiger partial charge in [-0.25, -0.2) is 0 Å². The molecule has 0 bridgehead atoms. The predicted octanol–water partition coefficient (Wildman–Crippen LogP) is 2.47. The summed E-state index contributed by atoms with van der Waals surface area (Å²) in [6.45, 7) is 7.74. The summed E-state index contributed by atoms with van der Waals surface area (Å²) in [5.74, 6) is 0.630. The molecule has 122 valence electrons. The Bertz CT molecular complexity index is 359. The van der Waals surface area contributed by atoms with Crippen molar-refractivity contribution in [3.63, 3.8) is 0 Å². The molecule has 0 aliphatic rings. The first kappa shape index (κ1) is 20.4. The Kier molecular flexibility index (Phi) is 10.7. The van der Waals surface area contributed by atoms with Gasteiger partial charge in [-0.3, -0.25) is 9.59 Å². The molecule has 0 unspecified atom stereocenters. The highest BCUT2D eigenvalue weighted by atomic mass is 32.2. The summed E-state index contributed by atoms with van der Waals surface area (Å²) in [5.41, 5.74) is 0.485. The maximum absolute atomic E-state index is 11.7. The molecule has 0 fully saturated rings. The van der Waals surface area contributed by atoms with Crippen molar-refractivity contribution < 1.29 is 18.4 Å². The van der Waals surface area contributed by atoms with Crippen LogP contribution in [-0.2, 0) is 18.4 Å². The molecule has 0 atom stereocenters. The zero-order valence-electron chi connectivity index (χ0n) is 13.5. The fourth-order valence-corrected chi connectivity index (χ4v) is 3.98. The summed E-state index contributed by atoms with van der Waals surface area (Å²) in [6, 6.07) is 0.884. The van der Waals surface area contributed by atoms with Gasteiger partial charge < -0.3 is 14.2 Å². The second-order valence-corrected chi connectivity index (χ2v) is 9.74. The topological polar surface area (TPSA) is 64.6 Å².